The number of rotatable bonds is 5. The number of benzene rings is 1. The van der Waals surface area contributed by atoms with Crippen LogP contribution in [0.3, 0.4) is 0 Å². The van der Waals surface area contributed by atoms with Crippen LogP contribution < -0.4 is 5.32 Å². The van der Waals surface area contributed by atoms with E-state index in [1.807, 2.05) is 6.08 Å². The van der Waals surface area contributed by atoms with Crippen molar-refractivity contribution < 1.29 is 14.3 Å². The van der Waals surface area contributed by atoms with Crippen LogP contribution in [-0.4, -0.2) is 17.6 Å². The quantitative estimate of drug-likeness (QED) is 0.819. The van der Waals surface area contributed by atoms with Crippen molar-refractivity contribution in [2.24, 2.45) is 5.92 Å². The third-order valence-corrected chi connectivity index (χ3v) is 3.90. The van der Waals surface area contributed by atoms with Crippen molar-refractivity contribution in [1.82, 2.24) is 5.32 Å². The van der Waals surface area contributed by atoms with Gasteiger partial charge in [-0.05, 0) is 30.9 Å². The maximum Gasteiger partial charge on any atom is 0.243 e. The average Bonchev–Trinajstić information content (AvgIpc) is 2.52. The summed E-state index contributed by atoms with van der Waals surface area (Å²) in [7, 11) is 0. The number of allylic oxidation sites excluding steroid dienone is 1. The van der Waals surface area contributed by atoms with E-state index in [9.17, 15) is 14.3 Å². The molecule has 1 aromatic carbocycles. The first-order valence-corrected chi connectivity index (χ1v) is 7.55. The minimum atomic E-state index is -1.03. The molecule has 1 amide bonds. The van der Waals surface area contributed by atoms with E-state index in [1.165, 1.54) is 37.5 Å². The molecule has 1 aliphatic carbocycles. The van der Waals surface area contributed by atoms with Crippen LogP contribution in [0.5, 0.6) is 0 Å². The molecule has 2 N–H and O–H groups in total. The van der Waals surface area contributed by atoms with Gasteiger partial charge in [-0.15, -0.1) is 0 Å². The van der Waals surface area contributed by atoms with Crippen molar-refractivity contribution in [1.29, 1.82) is 0 Å². The van der Waals surface area contributed by atoms with Crippen molar-refractivity contribution >= 4 is 5.91 Å². The molecule has 0 aromatic heterocycles. The highest BCUT2D eigenvalue weighted by molar-refractivity contribution is 5.87. The molecule has 21 heavy (non-hydrogen) atoms. The first-order valence-electron chi connectivity index (χ1n) is 7.55. The molecule has 1 aromatic rings. The Balaban J connectivity index is 1.78. The van der Waals surface area contributed by atoms with E-state index in [0.717, 1.165) is 12.8 Å². The summed E-state index contributed by atoms with van der Waals surface area (Å²) < 4.78 is 13.5. The van der Waals surface area contributed by atoms with E-state index >= 15 is 0 Å². The summed E-state index contributed by atoms with van der Waals surface area (Å²) >= 11 is 0. The van der Waals surface area contributed by atoms with Crippen LogP contribution in [0.25, 0.3) is 0 Å². The van der Waals surface area contributed by atoms with E-state index in [0.29, 0.717) is 5.92 Å². The van der Waals surface area contributed by atoms with E-state index in [1.54, 1.807) is 12.1 Å². The highest BCUT2D eigenvalue weighted by Crippen LogP contribution is 2.24. The monoisotopic (exact) mass is 291 g/mol. The molecular weight excluding hydrogens is 269 g/mol. The summed E-state index contributed by atoms with van der Waals surface area (Å²) in [6, 6.07) is 6.04. The summed E-state index contributed by atoms with van der Waals surface area (Å²) in [6.45, 7) is 0.00870. The van der Waals surface area contributed by atoms with Crippen LogP contribution in [0.1, 0.15) is 43.8 Å². The fourth-order valence-corrected chi connectivity index (χ4v) is 2.66. The molecule has 0 radical (unpaired) electrons. The van der Waals surface area contributed by atoms with Crippen LogP contribution in [0.4, 0.5) is 4.39 Å². The third kappa shape index (κ3) is 4.97. The van der Waals surface area contributed by atoms with Gasteiger partial charge in [-0.2, -0.15) is 0 Å². The van der Waals surface area contributed by atoms with Crippen LogP contribution in [0, 0.1) is 11.7 Å². The van der Waals surface area contributed by atoms with Gasteiger partial charge in [-0.25, -0.2) is 4.39 Å². The van der Waals surface area contributed by atoms with Gasteiger partial charge in [0.15, 0.2) is 0 Å². The van der Waals surface area contributed by atoms with E-state index in [4.69, 9.17) is 0 Å². The lowest BCUT2D eigenvalue weighted by Gasteiger charge is -2.17. The number of nitrogens with one attached hydrogen (secondary N) is 1. The summed E-state index contributed by atoms with van der Waals surface area (Å²) in [4.78, 5) is 11.7. The predicted molar refractivity (Wildman–Crippen MR) is 80.1 cm³/mol. The Morgan fingerprint density at radius 1 is 1.33 bits per heavy atom. The van der Waals surface area contributed by atoms with E-state index in [2.05, 4.69) is 5.32 Å². The SMILES string of the molecule is O=C(/C=C/C1CCCCC1)NCC(O)c1ccccc1F. The zero-order valence-corrected chi connectivity index (χ0v) is 12.1. The van der Waals surface area contributed by atoms with E-state index in [-0.39, 0.29) is 18.0 Å². The number of amides is 1. The average molecular weight is 291 g/mol. The number of halogens is 1. The Morgan fingerprint density at radius 2 is 2.05 bits per heavy atom. The molecule has 2 rings (SSSR count). The summed E-state index contributed by atoms with van der Waals surface area (Å²) in [5.74, 6) is -0.214. The first-order chi connectivity index (χ1) is 10.2. The summed E-state index contributed by atoms with van der Waals surface area (Å²) in [6.07, 6.45) is 8.46. The normalized spacial score (nSPS) is 17.8. The highest BCUT2D eigenvalue weighted by Gasteiger charge is 2.13. The molecule has 1 aliphatic rings. The molecule has 0 saturated heterocycles. The fourth-order valence-electron chi connectivity index (χ4n) is 2.66. The number of hydrogen-bond donors (Lipinski definition) is 2. The zero-order chi connectivity index (χ0) is 15.1. The van der Waals surface area contributed by atoms with Gasteiger partial charge < -0.3 is 10.4 Å². The minimum Gasteiger partial charge on any atom is -0.386 e. The van der Waals surface area contributed by atoms with Gasteiger partial charge in [-0.1, -0.05) is 43.5 Å². The number of hydrogen-bond acceptors (Lipinski definition) is 2. The lowest BCUT2D eigenvalue weighted by atomic mass is 9.89. The molecule has 0 heterocycles. The molecule has 0 spiro atoms. The maximum absolute atomic E-state index is 13.5. The Kier molecular flexibility index (Phi) is 5.93. The molecule has 114 valence electrons. The second-order valence-electron chi connectivity index (χ2n) is 5.54. The zero-order valence-electron chi connectivity index (χ0n) is 12.1. The first kappa shape index (κ1) is 15.7. The predicted octanol–water partition coefficient (Wildman–Crippen LogP) is 3.11. The van der Waals surface area contributed by atoms with Gasteiger partial charge in [0.25, 0.3) is 0 Å². The number of carbonyl (C=O) groups excluding carboxylic acids is 1. The fraction of sp³-hybridized carbons (Fsp3) is 0.471. The topological polar surface area (TPSA) is 49.3 Å². The molecule has 1 saturated carbocycles. The second-order valence-corrected chi connectivity index (χ2v) is 5.54. The molecule has 0 bridgehead atoms. The van der Waals surface area contributed by atoms with Gasteiger partial charge in [0.05, 0.1) is 6.10 Å². The lowest BCUT2D eigenvalue weighted by Crippen LogP contribution is -2.27. The Bertz CT molecular complexity index is 495. The highest BCUT2D eigenvalue weighted by atomic mass is 19.1. The number of aliphatic hydroxyl groups excluding tert-OH is 1. The van der Waals surface area contributed by atoms with Gasteiger partial charge >= 0.3 is 0 Å². The number of carbonyl (C=O) groups is 1. The molecule has 1 atom stereocenters. The molecular formula is C17H22FNO2. The van der Waals surface area contributed by atoms with Crippen LogP contribution in [0.15, 0.2) is 36.4 Å². The summed E-state index contributed by atoms with van der Waals surface area (Å²) in [5, 5.41) is 12.5. The summed E-state index contributed by atoms with van der Waals surface area (Å²) in [5.41, 5.74) is 0.203. The van der Waals surface area contributed by atoms with Crippen molar-refractivity contribution in [3.05, 3.63) is 47.8 Å². The molecule has 3 nitrogen and oxygen atoms in total. The van der Waals surface area contributed by atoms with Gasteiger partial charge in [0.1, 0.15) is 5.82 Å². The largest absolute Gasteiger partial charge is 0.386 e. The van der Waals surface area contributed by atoms with Gasteiger partial charge in [0.2, 0.25) is 5.91 Å². The van der Waals surface area contributed by atoms with Crippen LogP contribution >= 0.6 is 0 Å². The van der Waals surface area contributed by atoms with E-state index < -0.39 is 11.9 Å². The maximum atomic E-state index is 13.5. The van der Waals surface area contributed by atoms with Crippen molar-refractivity contribution in [3.8, 4) is 0 Å². The molecule has 1 unspecified atom stereocenters. The molecule has 4 heteroatoms. The van der Waals surface area contributed by atoms with Crippen LogP contribution in [-0.2, 0) is 4.79 Å². The van der Waals surface area contributed by atoms with Gasteiger partial charge in [0, 0.05) is 12.1 Å². The Hall–Kier alpha value is -1.68. The third-order valence-electron chi connectivity index (χ3n) is 3.90. The standard InChI is InChI=1S/C17H22FNO2/c18-15-9-5-4-8-14(15)16(20)12-19-17(21)11-10-13-6-2-1-3-7-13/h4-5,8-11,13,16,20H,1-3,6-7,12H2,(H,19,21)/b11-10+. The van der Waals surface area contributed by atoms with Crippen molar-refractivity contribution in [2.75, 3.05) is 6.54 Å². The van der Waals surface area contributed by atoms with Crippen molar-refractivity contribution in [2.45, 2.75) is 38.2 Å². The Morgan fingerprint density at radius 3 is 2.76 bits per heavy atom. The molecule has 1 fully saturated rings. The van der Waals surface area contributed by atoms with Gasteiger partial charge in [-0.3, -0.25) is 4.79 Å². The molecule has 0 aliphatic heterocycles. The minimum absolute atomic E-state index is 0.00870. The van der Waals surface area contributed by atoms with Crippen LogP contribution in [0.2, 0.25) is 0 Å². The lowest BCUT2D eigenvalue weighted by molar-refractivity contribution is -0.117. The smallest absolute Gasteiger partial charge is 0.243 e. The Labute approximate surface area is 124 Å². The second kappa shape index (κ2) is 7.93. The number of aliphatic hydroxyl groups is 1. The van der Waals surface area contributed by atoms with Crippen molar-refractivity contribution in [3.63, 3.8) is 0 Å².